The summed E-state index contributed by atoms with van der Waals surface area (Å²) in [6.07, 6.45) is 0. The van der Waals surface area contributed by atoms with Gasteiger partial charge >= 0.3 is 0 Å². The molecule has 1 aromatic carbocycles. The molecule has 1 saturated heterocycles. The Kier molecular flexibility index (Phi) is 4.39. The van der Waals surface area contributed by atoms with Crippen LogP contribution in [-0.2, 0) is 4.74 Å². The molecule has 1 aromatic heterocycles. The van der Waals surface area contributed by atoms with Crippen molar-refractivity contribution in [3.05, 3.63) is 30.3 Å². The van der Waals surface area contributed by atoms with Crippen LogP contribution >= 0.6 is 0 Å². The summed E-state index contributed by atoms with van der Waals surface area (Å²) < 4.78 is 16.0. The normalized spacial score (nSPS) is 14.7. The summed E-state index contributed by atoms with van der Waals surface area (Å²) in [6.45, 7) is 2.94. The number of nitrogens with zero attached hydrogens (tertiary/aromatic N) is 3. The molecule has 2 heterocycles. The molecule has 6 heteroatoms. The van der Waals surface area contributed by atoms with Crippen molar-refractivity contribution in [2.45, 2.75) is 0 Å². The van der Waals surface area contributed by atoms with E-state index in [0.29, 0.717) is 25.0 Å². The Morgan fingerprint density at radius 2 is 1.86 bits per heavy atom. The first kappa shape index (κ1) is 14.6. The van der Waals surface area contributed by atoms with Gasteiger partial charge in [-0.3, -0.25) is 0 Å². The molecule has 0 bridgehead atoms. The predicted octanol–water partition coefficient (Wildman–Crippen LogP) is 2.00. The minimum atomic E-state index is 0.550. The molecule has 0 amide bonds. The fourth-order valence-electron chi connectivity index (χ4n) is 2.35. The number of hydrogen-bond donors (Lipinski definition) is 0. The van der Waals surface area contributed by atoms with Gasteiger partial charge in [-0.15, -0.1) is 0 Å². The Hall–Kier alpha value is -2.34. The summed E-state index contributed by atoms with van der Waals surface area (Å²) in [5.74, 6) is 2.01. The fraction of sp³-hybridized carbons (Fsp3) is 0.375. The zero-order chi connectivity index (χ0) is 15.4. The van der Waals surface area contributed by atoms with E-state index in [9.17, 15) is 0 Å². The van der Waals surface area contributed by atoms with E-state index in [2.05, 4.69) is 14.9 Å². The standard InChI is InChI=1S/C16H19N3O3/c1-20-13-5-3-4-12(10-13)14-11-15(21-2)18-16(17-14)19-6-8-22-9-7-19/h3-5,10-11H,6-9H2,1-2H3. The smallest absolute Gasteiger partial charge is 0.229 e. The van der Waals surface area contributed by atoms with Crippen molar-refractivity contribution in [1.29, 1.82) is 0 Å². The Labute approximate surface area is 129 Å². The van der Waals surface area contributed by atoms with E-state index in [1.165, 1.54) is 0 Å². The van der Waals surface area contributed by atoms with E-state index >= 15 is 0 Å². The molecule has 0 saturated carbocycles. The molecule has 1 aliphatic heterocycles. The van der Waals surface area contributed by atoms with Crippen LogP contribution in [-0.4, -0.2) is 50.5 Å². The number of morpholine rings is 1. The predicted molar refractivity (Wildman–Crippen MR) is 83.6 cm³/mol. The first-order valence-electron chi connectivity index (χ1n) is 7.20. The van der Waals surface area contributed by atoms with Crippen molar-refractivity contribution >= 4 is 5.95 Å². The van der Waals surface area contributed by atoms with Crippen LogP contribution in [0.2, 0.25) is 0 Å². The van der Waals surface area contributed by atoms with Crippen LogP contribution in [0.4, 0.5) is 5.95 Å². The molecule has 6 nitrogen and oxygen atoms in total. The zero-order valence-electron chi connectivity index (χ0n) is 12.8. The van der Waals surface area contributed by atoms with E-state index in [1.807, 2.05) is 30.3 Å². The monoisotopic (exact) mass is 301 g/mol. The SMILES string of the molecule is COc1cccc(-c2cc(OC)nc(N3CCOCC3)n2)c1. The molecule has 0 aliphatic carbocycles. The van der Waals surface area contributed by atoms with Crippen LogP contribution in [0.5, 0.6) is 11.6 Å². The molecule has 1 fully saturated rings. The second-order valence-corrected chi connectivity index (χ2v) is 4.93. The van der Waals surface area contributed by atoms with Gasteiger partial charge in [-0.2, -0.15) is 4.98 Å². The molecule has 1 aliphatic rings. The topological polar surface area (TPSA) is 56.7 Å². The number of aromatic nitrogens is 2. The van der Waals surface area contributed by atoms with Crippen molar-refractivity contribution in [2.75, 3.05) is 45.4 Å². The molecular formula is C16H19N3O3. The lowest BCUT2D eigenvalue weighted by Crippen LogP contribution is -2.37. The summed E-state index contributed by atoms with van der Waals surface area (Å²) >= 11 is 0. The summed E-state index contributed by atoms with van der Waals surface area (Å²) in [5.41, 5.74) is 1.78. The van der Waals surface area contributed by atoms with Gasteiger partial charge in [0.05, 0.1) is 33.1 Å². The molecule has 22 heavy (non-hydrogen) atoms. The second kappa shape index (κ2) is 6.62. The summed E-state index contributed by atoms with van der Waals surface area (Å²) in [5, 5.41) is 0. The highest BCUT2D eigenvalue weighted by atomic mass is 16.5. The second-order valence-electron chi connectivity index (χ2n) is 4.93. The highest BCUT2D eigenvalue weighted by molar-refractivity contribution is 5.63. The van der Waals surface area contributed by atoms with Gasteiger partial charge in [0.25, 0.3) is 0 Å². The van der Waals surface area contributed by atoms with Crippen molar-refractivity contribution in [3.63, 3.8) is 0 Å². The summed E-state index contributed by atoms with van der Waals surface area (Å²) in [7, 11) is 3.26. The quantitative estimate of drug-likeness (QED) is 0.861. The maximum atomic E-state index is 5.38. The highest BCUT2D eigenvalue weighted by Gasteiger charge is 2.16. The zero-order valence-corrected chi connectivity index (χ0v) is 12.8. The summed E-state index contributed by atoms with van der Waals surface area (Å²) in [4.78, 5) is 11.2. The van der Waals surface area contributed by atoms with Crippen molar-refractivity contribution in [2.24, 2.45) is 0 Å². The number of methoxy groups -OCH3 is 2. The number of ether oxygens (including phenoxy) is 3. The van der Waals surface area contributed by atoms with Gasteiger partial charge in [-0.1, -0.05) is 12.1 Å². The first-order valence-corrected chi connectivity index (χ1v) is 7.20. The van der Waals surface area contributed by atoms with E-state index in [1.54, 1.807) is 14.2 Å². The van der Waals surface area contributed by atoms with E-state index in [4.69, 9.17) is 14.2 Å². The van der Waals surface area contributed by atoms with Crippen LogP contribution in [0, 0.1) is 0 Å². The third-order valence-corrected chi connectivity index (χ3v) is 3.56. The van der Waals surface area contributed by atoms with Crippen LogP contribution in [0.3, 0.4) is 0 Å². The third kappa shape index (κ3) is 3.12. The van der Waals surface area contributed by atoms with Crippen LogP contribution in [0.1, 0.15) is 0 Å². The average molecular weight is 301 g/mol. The molecular weight excluding hydrogens is 282 g/mol. The molecule has 0 N–H and O–H groups in total. The van der Waals surface area contributed by atoms with Crippen LogP contribution in [0.15, 0.2) is 30.3 Å². The molecule has 116 valence electrons. The Morgan fingerprint density at radius 1 is 1.05 bits per heavy atom. The molecule has 0 atom stereocenters. The Morgan fingerprint density at radius 3 is 2.59 bits per heavy atom. The molecule has 3 rings (SSSR count). The van der Waals surface area contributed by atoms with Gasteiger partial charge < -0.3 is 19.1 Å². The lowest BCUT2D eigenvalue weighted by atomic mass is 10.1. The minimum Gasteiger partial charge on any atom is -0.497 e. The Bertz CT molecular complexity index is 642. The first-order chi connectivity index (χ1) is 10.8. The maximum Gasteiger partial charge on any atom is 0.229 e. The summed E-state index contributed by atoms with van der Waals surface area (Å²) in [6, 6.07) is 9.62. The molecule has 0 unspecified atom stereocenters. The van der Waals surface area contributed by atoms with Gasteiger partial charge in [0.1, 0.15) is 5.75 Å². The van der Waals surface area contributed by atoms with Gasteiger partial charge in [0, 0.05) is 24.7 Å². The van der Waals surface area contributed by atoms with E-state index in [-0.39, 0.29) is 0 Å². The lowest BCUT2D eigenvalue weighted by Gasteiger charge is -2.27. The molecule has 2 aromatic rings. The van der Waals surface area contributed by atoms with Crippen molar-refractivity contribution in [3.8, 4) is 22.9 Å². The van der Waals surface area contributed by atoms with Gasteiger partial charge in [-0.25, -0.2) is 4.98 Å². The lowest BCUT2D eigenvalue weighted by molar-refractivity contribution is 0.122. The van der Waals surface area contributed by atoms with Gasteiger partial charge in [0.2, 0.25) is 11.8 Å². The van der Waals surface area contributed by atoms with Crippen LogP contribution < -0.4 is 14.4 Å². The largest absolute Gasteiger partial charge is 0.497 e. The van der Waals surface area contributed by atoms with Gasteiger partial charge in [0.15, 0.2) is 0 Å². The maximum absolute atomic E-state index is 5.38. The fourth-order valence-corrected chi connectivity index (χ4v) is 2.35. The highest BCUT2D eigenvalue weighted by Crippen LogP contribution is 2.26. The minimum absolute atomic E-state index is 0.550. The average Bonchev–Trinajstić information content (AvgIpc) is 2.62. The third-order valence-electron chi connectivity index (χ3n) is 3.56. The Balaban J connectivity index is 1.99. The van der Waals surface area contributed by atoms with Crippen molar-refractivity contribution < 1.29 is 14.2 Å². The molecule has 0 spiro atoms. The molecule has 0 radical (unpaired) electrons. The number of hydrogen-bond acceptors (Lipinski definition) is 6. The van der Waals surface area contributed by atoms with E-state index in [0.717, 1.165) is 30.1 Å². The van der Waals surface area contributed by atoms with Gasteiger partial charge in [-0.05, 0) is 12.1 Å². The number of rotatable bonds is 4. The van der Waals surface area contributed by atoms with E-state index < -0.39 is 0 Å². The van der Waals surface area contributed by atoms with Crippen molar-refractivity contribution in [1.82, 2.24) is 9.97 Å². The number of anilines is 1. The van der Waals surface area contributed by atoms with Crippen LogP contribution in [0.25, 0.3) is 11.3 Å². The number of benzene rings is 1.